The van der Waals surface area contributed by atoms with Crippen LogP contribution in [-0.2, 0) is 0 Å². The number of unbranched alkanes of at least 4 members (excludes halogenated alkanes) is 1. The van der Waals surface area contributed by atoms with Crippen molar-refractivity contribution < 1.29 is 5.11 Å². The van der Waals surface area contributed by atoms with Crippen LogP contribution in [0.3, 0.4) is 0 Å². The van der Waals surface area contributed by atoms with E-state index in [9.17, 15) is 5.11 Å². The first kappa shape index (κ1) is 25.7. The van der Waals surface area contributed by atoms with Gasteiger partial charge >= 0.3 is 0 Å². The quantitative estimate of drug-likeness (QED) is 0.285. The van der Waals surface area contributed by atoms with Crippen LogP contribution in [0.4, 0.5) is 0 Å². The molecule has 0 aromatic carbocycles. The Bertz CT molecular complexity index is 1050. The second kappa shape index (κ2) is 12.5. The first-order valence-corrected chi connectivity index (χ1v) is 13.8. The Hall–Kier alpha value is -2.38. The van der Waals surface area contributed by atoms with E-state index in [0.717, 1.165) is 63.5 Å². The molecule has 0 radical (unpaired) electrons. The number of hydrogen-bond acceptors (Lipinski definition) is 3. The fourth-order valence-electron chi connectivity index (χ4n) is 5.93. The molecule has 2 N–H and O–H groups in total. The van der Waals surface area contributed by atoms with Gasteiger partial charge in [0, 0.05) is 35.6 Å². The van der Waals surface area contributed by atoms with Crippen molar-refractivity contribution in [2.45, 2.75) is 96.9 Å². The number of H-pyrrole nitrogens is 1. The minimum atomic E-state index is 0.162. The number of fused-ring (bicyclic) bond motifs is 1. The van der Waals surface area contributed by atoms with E-state index in [1.165, 1.54) is 47.3 Å². The van der Waals surface area contributed by atoms with Crippen molar-refractivity contribution in [2.75, 3.05) is 6.61 Å². The molecule has 1 aliphatic heterocycles. The summed E-state index contributed by atoms with van der Waals surface area (Å²) in [4.78, 5) is 4.91. The van der Waals surface area contributed by atoms with Crippen molar-refractivity contribution in [2.24, 2.45) is 22.7 Å². The molecule has 2 aliphatic carbocycles. The number of aliphatic hydroxyl groups excluding tert-OH is 1. The number of rotatable bonds is 9. The first-order chi connectivity index (χ1) is 17.1. The van der Waals surface area contributed by atoms with Crippen molar-refractivity contribution in [1.82, 2.24) is 10.2 Å². The second-order valence-corrected chi connectivity index (χ2v) is 10.8. The Morgan fingerprint density at radius 1 is 1.26 bits per heavy atom. The third-order valence-corrected chi connectivity index (χ3v) is 8.09. The van der Waals surface area contributed by atoms with Crippen LogP contribution in [0.15, 0.2) is 52.5 Å². The smallest absolute Gasteiger partial charge is 0.0948 e. The monoisotopic (exact) mass is 473 g/mol. The van der Waals surface area contributed by atoms with Crippen LogP contribution in [0.25, 0.3) is 5.57 Å². The molecule has 3 unspecified atom stereocenters. The lowest BCUT2D eigenvalue weighted by molar-refractivity contribution is 0.211. The zero-order chi connectivity index (χ0) is 24.6. The van der Waals surface area contributed by atoms with Crippen LogP contribution in [0.5, 0.6) is 0 Å². The molecule has 0 fully saturated rings. The molecule has 4 atom stereocenters. The van der Waals surface area contributed by atoms with E-state index in [2.05, 4.69) is 54.2 Å². The number of aliphatic imine (C=N–C) groups is 1. The molecule has 1 aromatic heterocycles. The topological polar surface area (TPSA) is 61.3 Å². The van der Waals surface area contributed by atoms with E-state index in [-0.39, 0.29) is 12.6 Å². The highest BCUT2D eigenvalue weighted by Crippen LogP contribution is 2.39. The lowest BCUT2D eigenvalue weighted by atomic mass is 9.78. The molecule has 4 nitrogen and oxygen atoms in total. The largest absolute Gasteiger partial charge is 0.396 e. The Morgan fingerprint density at radius 2 is 2.14 bits per heavy atom. The van der Waals surface area contributed by atoms with Crippen molar-refractivity contribution in [3.63, 3.8) is 0 Å². The standard InChI is InChI=1S/C31H43N3O/c1-4-5-10-24(21-35)18-22(2)27-12-7-6-11-25-14-15-26(16-17-28(25)19-27)29-20-32-34-31(29)30-13-8-9-23(3)33-30/h6,17,20,24,27-28,30,35H,2,4-5,7-10,12-15,18-19,21H2,1,3H3,(H,32,34)/t11?,24-,27?,28?,30?/m1/s1. The molecule has 0 bridgehead atoms. The lowest BCUT2D eigenvalue weighted by Crippen LogP contribution is -2.16. The molecule has 0 spiro atoms. The van der Waals surface area contributed by atoms with E-state index in [1.807, 2.05) is 6.20 Å². The maximum atomic E-state index is 9.88. The highest BCUT2D eigenvalue weighted by atomic mass is 16.3. The van der Waals surface area contributed by atoms with Crippen LogP contribution >= 0.6 is 0 Å². The highest BCUT2D eigenvalue weighted by molar-refractivity contribution is 5.82. The summed E-state index contributed by atoms with van der Waals surface area (Å²) in [6.45, 7) is 9.13. The van der Waals surface area contributed by atoms with E-state index in [0.29, 0.717) is 17.8 Å². The minimum absolute atomic E-state index is 0.162. The molecule has 2 heterocycles. The Morgan fingerprint density at radius 3 is 2.94 bits per heavy atom. The number of aliphatic hydroxyl groups is 1. The van der Waals surface area contributed by atoms with Crippen LogP contribution in [0, 0.1) is 17.8 Å². The lowest BCUT2D eigenvalue weighted by Gasteiger charge is -2.27. The van der Waals surface area contributed by atoms with Gasteiger partial charge in [0.25, 0.3) is 0 Å². The summed E-state index contributed by atoms with van der Waals surface area (Å²) in [5.74, 6) is 1.17. The number of nitrogens with zero attached hydrogens (tertiary/aromatic N) is 2. The molecule has 4 rings (SSSR count). The number of allylic oxidation sites excluding steroid dienone is 3. The molecule has 4 heteroatoms. The van der Waals surface area contributed by atoms with Crippen molar-refractivity contribution >= 4 is 11.3 Å². The van der Waals surface area contributed by atoms with Gasteiger partial charge in [0.05, 0.1) is 11.7 Å². The summed E-state index contributed by atoms with van der Waals surface area (Å²) in [6, 6.07) is 0.162. The molecule has 0 saturated heterocycles. The maximum Gasteiger partial charge on any atom is 0.0948 e. The zero-order valence-corrected chi connectivity index (χ0v) is 21.8. The summed E-state index contributed by atoms with van der Waals surface area (Å²) >= 11 is 0. The summed E-state index contributed by atoms with van der Waals surface area (Å²) in [5.41, 5.74) is 14.8. The van der Waals surface area contributed by atoms with Crippen LogP contribution in [-0.4, -0.2) is 27.6 Å². The molecule has 35 heavy (non-hydrogen) atoms. The van der Waals surface area contributed by atoms with Gasteiger partial charge < -0.3 is 5.11 Å². The average Bonchev–Trinajstić information content (AvgIpc) is 3.25. The number of aromatic nitrogens is 2. The summed E-state index contributed by atoms with van der Waals surface area (Å²) < 4.78 is 0. The Kier molecular flexibility index (Phi) is 9.21. The van der Waals surface area contributed by atoms with Gasteiger partial charge in [-0.3, -0.25) is 10.1 Å². The van der Waals surface area contributed by atoms with Crippen molar-refractivity contribution in [1.29, 1.82) is 0 Å². The van der Waals surface area contributed by atoms with Crippen molar-refractivity contribution in [3.05, 3.63) is 58.8 Å². The minimum Gasteiger partial charge on any atom is -0.396 e. The van der Waals surface area contributed by atoms with E-state index >= 15 is 0 Å². The van der Waals surface area contributed by atoms with Crippen LogP contribution in [0.1, 0.15) is 108 Å². The summed E-state index contributed by atoms with van der Waals surface area (Å²) in [7, 11) is 0. The van der Waals surface area contributed by atoms with E-state index < -0.39 is 0 Å². The summed E-state index contributed by atoms with van der Waals surface area (Å²) in [5, 5.41) is 17.6. The average molecular weight is 474 g/mol. The van der Waals surface area contributed by atoms with Gasteiger partial charge in [0.15, 0.2) is 0 Å². The van der Waals surface area contributed by atoms with Gasteiger partial charge in [-0.1, -0.05) is 31.9 Å². The number of aromatic amines is 1. The highest BCUT2D eigenvalue weighted by Gasteiger charge is 2.26. The Labute approximate surface area is 211 Å². The van der Waals surface area contributed by atoms with Crippen LogP contribution in [0.2, 0.25) is 0 Å². The second-order valence-electron chi connectivity index (χ2n) is 10.8. The normalized spacial score (nSPS) is 25.5. The predicted molar refractivity (Wildman–Crippen MR) is 145 cm³/mol. The van der Waals surface area contributed by atoms with Gasteiger partial charge in [0.2, 0.25) is 0 Å². The van der Waals surface area contributed by atoms with Gasteiger partial charge in [-0.2, -0.15) is 5.10 Å². The van der Waals surface area contributed by atoms with E-state index in [4.69, 9.17) is 4.99 Å². The third kappa shape index (κ3) is 6.64. The fraction of sp³-hybridized carbons (Fsp3) is 0.613. The van der Waals surface area contributed by atoms with Gasteiger partial charge in [-0.15, -0.1) is 11.5 Å². The predicted octanol–water partition coefficient (Wildman–Crippen LogP) is 7.67. The summed E-state index contributed by atoms with van der Waals surface area (Å²) in [6.07, 6.45) is 19.5. The zero-order valence-electron chi connectivity index (χ0n) is 21.8. The molecule has 0 saturated carbocycles. The van der Waals surface area contributed by atoms with Gasteiger partial charge in [0.1, 0.15) is 0 Å². The molecule has 0 amide bonds. The number of nitrogens with one attached hydrogen (secondary N) is 1. The molecular formula is C31H43N3O. The maximum absolute atomic E-state index is 9.88. The Balaban J connectivity index is 1.53. The van der Waals surface area contributed by atoms with Gasteiger partial charge in [-0.25, -0.2) is 0 Å². The van der Waals surface area contributed by atoms with E-state index in [1.54, 1.807) is 0 Å². The SMILES string of the molecule is C=C(C[C@H](CO)CCCC)C1CCC=C=C2CCC(c3c[nH]nc3C3CCCC(C)=N3)=C=CC2C1. The molecule has 3 aliphatic rings. The molecular weight excluding hydrogens is 430 g/mol. The van der Waals surface area contributed by atoms with Crippen molar-refractivity contribution in [3.8, 4) is 0 Å². The molecule has 1 aromatic rings. The third-order valence-electron chi connectivity index (χ3n) is 8.09. The fourth-order valence-corrected chi connectivity index (χ4v) is 5.93. The number of hydrogen-bond donors (Lipinski definition) is 2. The first-order valence-electron chi connectivity index (χ1n) is 13.8. The molecule has 188 valence electrons. The van der Waals surface area contributed by atoms with Gasteiger partial charge in [-0.05, 0) is 101 Å². The van der Waals surface area contributed by atoms with Crippen LogP contribution < -0.4 is 0 Å².